The Morgan fingerprint density at radius 1 is 0.466 bits per heavy atom. The van der Waals surface area contributed by atoms with Gasteiger partial charge in [-0.25, -0.2) is 34.0 Å². The minimum absolute atomic E-state index is 0.00760. The van der Waals surface area contributed by atoms with Gasteiger partial charge >= 0.3 is 13.1 Å². The van der Waals surface area contributed by atoms with Crippen molar-refractivity contribution in [2.24, 2.45) is 33.2 Å². The first-order valence-electron chi connectivity index (χ1n) is 48.6. The van der Waals surface area contributed by atoms with Crippen LogP contribution in [-0.2, 0) is 126 Å². The molecule has 0 aliphatic carbocycles. The Kier molecular flexibility index (Phi) is 43.3. The van der Waals surface area contributed by atoms with Crippen molar-refractivity contribution >= 4 is 130 Å². The van der Waals surface area contributed by atoms with Gasteiger partial charge in [0.2, 0.25) is 0 Å². The molecule has 0 amide bonds. The van der Waals surface area contributed by atoms with E-state index >= 15 is 0 Å². The van der Waals surface area contributed by atoms with Gasteiger partial charge in [0.1, 0.15) is 17.2 Å². The van der Waals surface area contributed by atoms with E-state index in [1.165, 1.54) is 72.9 Å². The highest BCUT2D eigenvalue weighted by Gasteiger charge is 2.53. The number of aromatic nitrogens is 4. The number of nitrogens with zero attached hydrogens (tertiary/aromatic N) is 5. The molecule has 2 aliphatic rings. The second-order valence-electron chi connectivity index (χ2n) is 41.9. The van der Waals surface area contributed by atoms with Gasteiger partial charge in [-0.2, -0.15) is 0 Å². The molecule has 0 radical (unpaired) electrons. The van der Waals surface area contributed by atoms with Gasteiger partial charge in [-0.3, -0.25) is 51.2 Å². The number of aliphatic imine (C=N–C) groups is 1. The number of benzene rings is 6. The van der Waals surface area contributed by atoms with E-state index in [2.05, 4.69) is 31.9 Å². The van der Waals surface area contributed by atoms with Crippen LogP contribution in [0.25, 0.3) is 22.3 Å². The molecule has 12 rings (SSSR count). The molecular formula is C110H140BBr2F2N5O22S6. The summed E-state index contributed by atoms with van der Waals surface area (Å²) in [6, 6.07) is 39.3. The summed E-state index contributed by atoms with van der Waals surface area (Å²) in [7, 11) is -7.56. The fraction of sp³-hybridized carbons (Fsp3) is 0.455. The fourth-order valence-electron chi connectivity index (χ4n) is 15.8. The van der Waals surface area contributed by atoms with Crippen LogP contribution in [0.2, 0.25) is 0 Å². The third kappa shape index (κ3) is 34.3. The smallest absolute Gasteiger partial charge is 0.460 e. The molecule has 4 aromatic heterocycles. The Bertz CT molecular complexity index is 7190. The number of rotatable bonds is 33. The molecular weight excluding hydrogens is 2140 g/mol. The fourth-order valence-corrected chi connectivity index (χ4v) is 23.5. The van der Waals surface area contributed by atoms with Crippen LogP contribution < -0.4 is 27.7 Å². The van der Waals surface area contributed by atoms with Crippen LogP contribution in [0, 0.1) is 18.6 Å². The number of halogens is 4. The molecule has 3 N–H and O–H groups in total. The summed E-state index contributed by atoms with van der Waals surface area (Å²) >= 11 is 6.91. The second kappa shape index (κ2) is 51.8. The standard InChI is InChI=1S/C31H39NO6S2.C25H25FN2O4S.C22H26BFO5S.C18H28BrNO4S.C14H22BrNO3S/c1-7-40(37,38)20-22-10-13-25(30(35)23-11-8-21(2)9-12-23)27(16-22)28-18-32(6)29(34)17-26(28)24(14-15-33)19-39(36)31(3,4)5;1-3-33(31,32)15-16-4-9-19-20(12-16)22-14-28(2)24(30)13-21(22)23(10-11-29)27-25(19)17-5-7-18(26)8-6-17;1-6-30(26,27)14-15-7-12-18(20(25)16-8-10-17(24)11-9-16)19(13-15)23-28-21(2,3)22(4,5)29-23;1-17(2,3)24-16(22)8-12(11-25(23)18(4,5)6)13-9-15(21)20(7)10-14(13)19;1-14(2,3)20(19)9-10(5-6-17)11-7-13(18)16(4)8-12(11)15/h8-13,16-18,24,33H,7,14-15,19-20H2,1-6H3;4-9,12-14,23,29H,3,10-11,15H2,1-2H3;7-13H,6,14H2,1-5H3;9-10,12H,8,11H2,1-7H3;7-8,10,17H,5-6,9H2,1-4H3/t24-,39-;23-;;12-,25-;10-,20-/m10.11/s1. The molecule has 148 heavy (non-hydrogen) atoms. The monoisotopic (exact) mass is 2280 g/mol. The Morgan fingerprint density at radius 2 is 0.838 bits per heavy atom. The maximum atomic E-state index is 13.8. The van der Waals surface area contributed by atoms with Gasteiger partial charge in [0, 0.05) is 238 Å². The topological polar surface area (TPSA) is 394 Å². The number of aryl methyl sites for hydroxylation is 5. The Morgan fingerprint density at radius 3 is 1.27 bits per heavy atom. The Hall–Kier alpha value is -9.42. The van der Waals surface area contributed by atoms with Crippen LogP contribution >= 0.6 is 31.9 Å². The van der Waals surface area contributed by atoms with Gasteiger partial charge in [0.25, 0.3) is 22.2 Å². The van der Waals surface area contributed by atoms with Crippen molar-refractivity contribution in [1.29, 1.82) is 0 Å². The highest BCUT2D eigenvalue weighted by atomic mass is 79.9. The van der Waals surface area contributed by atoms with E-state index in [9.17, 15) is 95.5 Å². The summed E-state index contributed by atoms with van der Waals surface area (Å²) in [6.07, 6.45) is 7.88. The predicted octanol–water partition coefficient (Wildman–Crippen LogP) is 16.9. The second-order valence-corrected chi connectivity index (χ2v) is 57.4. The summed E-state index contributed by atoms with van der Waals surface area (Å²) in [4.78, 5) is 93.3. The molecule has 7 atom stereocenters. The maximum absolute atomic E-state index is 13.8. The Balaban J connectivity index is 0.000000230. The lowest BCUT2D eigenvalue weighted by atomic mass is 9.73. The van der Waals surface area contributed by atoms with Gasteiger partial charge in [-0.05, 0) is 297 Å². The molecule has 1 saturated heterocycles. The van der Waals surface area contributed by atoms with Crippen molar-refractivity contribution in [1.82, 2.24) is 18.3 Å². The maximum Gasteiger partial charge on any atom is 0.495 e. The molecule has 38 heteroatoms. The lowest BCUT2D eigenvalue weighted by Crippen LogP contribution is -2.41. The van der Waals surface area contributed by atoms with E-state index < -0.39 is 113 Å². The Labute approximate surface area is 893 Å². The number of pyridine rings is 4. The van der Waals surface area contributed by atoms with Crippen molar-refractivity contribution in [3.63, 3.8) is 0 Å². The third-order valence-corrected chi connectivity index (χ3v) is 37.8. The van der Waals surface area contributed by atoms with E-state index in [0.29, 0.717) is 107 Å². The van der Waals surface area contributed by atoms with Crippen molar-refractivity contribution in [2.75, 3.05) is 54.3 Å². The van der Waals surface area contributed by atoms with E-state index in [0.717, 1.165) is 32.3 Å². The van der Waals surface area contributed by atoms with E-state index in [1.54, 1.807) is 167 Å². The summed E-state index contributed by atoms with van der Waals surface area (Å²) in [5.41, 5.74) is 9.41. The zero-order chi connectivity index (χ0) is 111. The number of aliphatic hydroxyl groups excluding tert-OH is 3. The van der Waals surface area contributed by atoms with Gasteiger partial charge in [0.05, 0.1) is 46.6 Å². The normalized spacial score (nSPS) is 15.3. The molecule has 6 aromatic carbocycles. The first-order valence-corrected chi connectivity index (χ1v) is 59.6. The average Bonchev–Trinajstić information content (AvgIpc) is 0.940. The van der Waals surface area contributed by atoms with Crippen LogP contribution in [0.5, 0.6) is 0 Å². The minimum Gasteiger partial charge on any atom is -0.460 e. The number of ketones is 2. The van der Waals surface area contributed by atoms with Crippen molar-refractivity contribution < 1.29 is 90.4 Å². The average molecular weight is 2290 g/mol. The quantitative estimate of drug-likeness (QED) is 0.0195. The van der Waals surface area contributed by atoms with Crippen molar-refractivity contribution in [3.8, 4) is 22.3 Å². The molecule has 10 aromatic rings. The van der Waals surface area contributed by atoms with Crippen LogP contribution in [0.1, 0.15) is 269 Å². The number of ether oxygens (including phenoxy) is 1. The number of esters is 1. The molecule has 6 heterocycles. The number of hydrogen-bond donors (Lipinski definition) is 3. The molecule has 0 saturated carbocycles. The number of aliphatic hydroxyl groups is 3. The summed E-state index contributed by atoms with van der Waals surface area (Å²) < 4.78 is 163. The van der Waals surface area contributed by atoms with Crippen LogP contribution in [0.3, 0.4) is 0 Å². The van der Waals surface area contributed by atoms with Crippen LogP contribution in [0.15, 0.2) is 210 Å². The zero-order valence-corrected chi connectivity index (χ0v) is 96.8. The highest BCUT2D eigenvalue weighted by molar-refractivity contribution is 9.10. The van der Waals surface area contributed by atoms with Gasteiger partial charge in [-0.1, -0.05) is 93.1 Å². The lowest BCUT2D eigenvalue weighted by Gasteiger charge is -2.32. The molecule has 2 aliphatic heterocycles. The van der Waals surface area contributed by atoms with Crippen LogP contribution in [-0.4, -0.2) is 187 Å². The predicted molar refractivity (Wildman–Crippen MR) is 596 cm³/mol. The number of fused-ring (bicyclic) bond motifs is 3. The number of carbonyl (C=O) groups is 3. The van der Waals surface area contributed by atoms with E-state index in [1.807, 2.05) is 121 Å². The number of sulfone groups is 3. The minimum atomic E-state index is -3.36. The molecule has 804 valence electrons. The molecule has 27 nitrogen and oxygen atoms in total. The van der Waals surface area contributed by atoms with Crippen LogP contribution in [0.4, 0.5) is 8.78 Å². The van der Waals surface area contributed by atoms with Gasteiger partial charge < -0.3 is 47.6 Å². The first kappa shape index (κ1) is 124. The molecule has 0 unspecified atom stereocenters. The van der Waals surface area contributed by atoms with Crippen molar-refractivity contribution in [2.45, 2.75) is 236 Å². The molecule has 0 spiro atoms. The zero-order valence-electron chi connectivity index (χ0n) is 88.7. The molecule has 0 bridgehead atoms. The SMILES string of the molecule is CCS(=O)(=O)Cc1ccc(C(=O)c2ccc(C)cc2)c(-c2cn(C)c(=O)cc2[C@H](CCO)C[S@@](=O)C(C)(C)C)c1.CCS(=O)(=O)Cc1ccc(C(=O)c2ccc(F)cc2)c(B2OC(C)(C)C(C)(C)O2)c1.CCS(=O)(=O)Cc1ccc2c(c1)-c1cn(C)c(=O)cc1[C@H](CCO)N=C2c1ccc(F)cc1.Cn1cc(Br)c([C@H](CC(=O)OC(C)(C)C)C[S@@](=O)C(C)(C)C)cc1=O.Cn1cc(Br)c([C@H](CCO)C[S@@](=O)C(C)(C)C)cc1=O. The largest absolute Gasteiger partial charge is 0.495 e. The van der Waals surface area contributed by atoms with Gasteiger partial charge in [0.15, 0.2) is 41.1 Å². The summed E-state index contributed by atoms with van der Waals surface area (Å²) in [5, 5.41) is 28.8. The lowest BCUT2D eigenvalue weighted by molar-refractivity contribution is -0.155. The van der Waals surface area contributed by atoms with Gasteiger partial charge in [-0.15, -0.1) is 0 Å². The van der Waals surface area contributed by atoms with E-state index in [4.69, 9.17) is 19.0 Å². The molecule has 1 fully saturated rings. The summed E-state index contributed by atoms with van der Waals surface area (Å²) in [6.45, 7) is 36.6. The van der Waals surface area contributed by atoms with E-state index in [-0.39, 0.29) is 141 Å². The number of hydrogen-bond acceptors (Lipinski definition) is 23. The van der Waals surface area contributed by atoms with Crippen molar-refractivity contribution in [3.05, 3.63) is 316 Å². The third-order valence-electron chi connectivity index (χ3n) is 25.3. The number of carbonyl (C=O) groups excluding carboxylic acids is 3. The first-order chi connectivity index (χ1) is 68.6. The summed E-state index contributed by atoms with van der Waals surface area (Å²) in [5.74, 6) is -2.05. The highest BCUT2D eigenvalue weighted by Crippen LogP contribution is 2.43.